The molecule has 4 atom stereocenters. The minimum Gasteiger partial charge on any atom is -0.504 e. The monoisotopic (exact) mass is 388 g/mol. The summed E-state index contributed by atoms with van der Waals surface area (Å²) in [6, 6.07) is 4.44. The van der Waals surface area contributed by atoms with E-state index in [1.165, 1.54) is 30.9 Å². The van der Waals surface area contributed by atoms with Gasteiger partial charge in [0.25, 0.3) is 0 Å². The molecular weight excluding hydrogens is 356 g/mol. The Bertz CT molecular complexity index is 783. The second kappa shape index (κ2) is 7.43. The number of hydrogen-bond acceptors (Lipinski definition) is 5. The smallest absolute Gasteiger partial charge is 0.338 e. The van der Waals surface area contributed by atoms with Crippen LogP contribution in [-0.4, -0.2) is 35.0 Å². The molecule has 2 unspecified atom stereocenters. The minimum absolute atomic E-state index is 0.0233. The molecular formula is C23H32O5. The molecule has 0 amide bonds. The number of aromatic hydroxyl groups is 1. The number of phenolic OH excluding ortho intramolecular Hbond substituents is 1. The molecule has 0 spiro atoms. The van der Waals surface area contributed by atoms with Crippen molar-refractivity contribution in [3.8, 4) is 11.5 Å². The number of allylic oxidation sites excluding steroid dienone is 1. The van der Waals surface area contributed by atoms with Gasteiger partial charge in [-0.05, 0) is 55.7 Å². The van der Waals surface area contributed by atoms with Gasteiger partial charge in [-0.15, -0.1) is 0 Å². The quantitative estimate of drug-likeness (QED) is 0.588. The molecule has 2 N–H and O–H groups in total. The molecule has 5 nitrogen and oxygen atoms in total. The van der Waals surface area contributed by atoms with Crippen LogP contribution >= 0.6 is 0 Å². The molecule has 0 aromatic heterocycles. The lowest BCUT2D eigenvalue weighted by Crippen LogP contribution is -2.50. The lowest BCUT2D eigenvalue weighted by atomic mass is 9.67. The van der Waals surface area contributed by atoms with Crippen LogP contribution in [0.4, 0.5) is 0 Å². The zero-order valence-corrected chi connectivity index (χ0v) is 17.5. The van der Waals surface area contributed by atoms with E-state index in [0.717, 1.165) is 19.3 Å². The van der Waals surface area contributed by atoms with Crippen LogP contribution in [0.5, 0.6) is 11.5 Å². The highest BCUT2D eigenvalue weighted by atomic mass is 16.5. The van der Waals surface area contributed by atoms with E-state index in [9.17, 15) is 15.0 Å². The fourth-order valence-corrected chi connectivity index (χ4v) is 5.09. The first-order valence-corrected chi connectivity index (χ1v) is 10.1. The maximum Gasteiger partial charge on any atom is 0.338 e. The number of ether oxygens (including phenoxy) is 2. The van der Waals surface area contributed by atoms with Crippen molar-refractivity contribution < 1.29 is 24.5 Å². The molecule has 2 aliphatic rings. The average Bonchev–Trinajstić information content (AvgIpc) is 2.85. The van der Waals surface area contributed by atoms with Crippen molar-refractivity contribution in [1.82, 2.24) is 0 Å². The van der Waals surface area contributed by atoms with Gasteiger partial charge in [-0.3, -0.25) is 0 Å². The number of carbonyl (C=O) groups is 1. The summed E-state index contributed by atoms with van der Waals surface area (Å²) in [7, 11) is 1.44. The van der Waals surface area contributed by atoms with Crippen LogP contribution in [0.15, 0.2) is 29.8 Å². The number of fused-ring (bicyclic) bond motifs is 1. The van der Waals surface area contributed by atoms with Gasteiger partial charge in [-0.2, -0.15) is 0 Å². The summed E-state index contributed by atoms with van der Waals surface area (Å²) in [5.41, 5.74) is 0.551. The van der Waals surface area contributed by atoms with Crippen LogP contribution in [0.3, 0.4) is 0 Å². The zero-order valence-electron chi connectivity index (χ0n) is 17.5. The number of carbonyl (C=O) groups excluding carboxylic acids is 1. The number of benzene rings is 1. The topological polar surface area (TPSA) is 76.0 Å². The van der Waals surface area contributed by atoms with Crippen LogP contribution in [0, 0.1) is 17.3 Å². The van der Waals surface area contributed by atoms with Crippen molar-refractivity contribution in [3.63, 3.8) is 0 Å². The summed E-state index contributed by atoms with van der Waals surface area (Å²) >= 11 is 0. The second-order valence-corrected chi connectivity index (χ2v) is 9.07. The highest BCUT2D eigenvalue weighted by molar-refractivity contribution is 5.90. The summed E-state index contributed by atoms with van der Waals surface area (Å²) < 4.78 is 11.1. The number of esters is 1. The average molecular weight is 389 g/mol. The van der Waals surface area contributed by atoms with E-state index in [4.69, 9.17) is 9.47 Å². The predicted octanol–water partition coefficient (Wildman–Crippen LogP) is 4.47. The number of aliphatic hydroxyl groups is 1. The molecule has 3 rings (SSSR count). The molecule has 0 radical (unpaired) electrons. The van der Waals surface area contributed by atoms with Gasteiger partial charge in [0.05, 0.1) is 18.3 Å². The number of hydrogen-bond donors (Lipinski definition) is 2. The second-order valence-electron chi connectivity index (χ2n) is 9.07. The Morgan fingerprint density at radius 2 is 2.00 bits per heavy atom. The minimum atomic E-state index is -0.856. The van der Waals surface area contributed by atoms with Crippen molar-refractivity contribution in [2.45, 2.75) is 65.1 Å². The molecule has 1 saturated carbocycles. The number of methoxy groups -OCH3 is 1. The van der Waals surface area contributed by atoms with Gasteiger partial charge in [-0.1, -0.05) is 32.4 Å². The summed E-state index contributed by atoms with van der Waals surface area (Å²) in [5.74, 6) is -0.302. The molecule has 5 heteroatoms. The Hall–Kier alpha value is -2.01. The molecule has 0 heterocycles. The molecule has 0 saturated heterocycles. The van der Waals surface area contributed by atoms with Gasteiger partial charge in [0.2, 0.25) is 0 Å². The van der Waals surface area contributed by atoms with E-state index in [0.29, 0.717) is 12.0 Å². The van der Waals surface area contributed by atoms with E-state index < -0.39 is 17.7 Å². The van der Waals surface area contributed by atoms with Crippen molar-refractivity contribution >= 4 is 5.97 Å². The standard InChI is InChI=1S/C23H32O5/c1-14(2)23(26)11-10-22(4)9-8-15(3)12-19(20(22)23)28-21(25)16-6-7-17(24)18(13-16)27-5/h6-8,13-14,19-20,24,26H,9-12H2,1-5H3/t19?,20?,22-,23-/m0/s1. The van der Waals surface area contributed by atoms with Crippen molar-refractivity contribution in [2.24, 2.45) is 17.3 Å². The first-order valence-electron chi connectivity index (χ1n) is 10.1. The number of phenols is 1. The molecule has 0 bridgehead atoms. The van der Waals surface area contributed by atoms with E-state index in [1.54, 1.807) is 0 Å². The van der Waals surface area contributed by atoms with Crippen LogP contribution < -0.4 is 4.74 Å². The fraction of sp³-hybridized carbons (Fsp3) is 0.609. The van der Waals surface area contributed by atoms with Crippen molar-refractivity contribution in [3.05, 3.63) is 35.4 Å². The predicted molar refractivity (Wildman–Crippen MR) is 107 cm³/mol. The van der Waals surface area contributed by atoms with E-state index in [-0.39, 0.29) is 28.7 Å². The normalized spacial score (nSPS) is 32.5. The molecule has 154 valence electrons. The zero-order chi connectivity index (χ0) is 20.7. The highest BCUT2D eigenvalue weighted by Crippen LogP contribution is 2.58. The Balaban J connectivity index is 1.93. The number of rotatable bonds is 4. The van der Waals surface area contributed by atoms with E-state index >= 15 is 0 Å². The molecule has 1 fully saturated rings. The van der Waals surface area contributed by atoms with Crippen LogP contribution in [-0.2, 0) is 4.74 Å². The molecule has 28 heavy (non-hydrogen) atoms. The third-order valence-electron chi connectivity index (χ3n) is 6.87. The van der Waals surface area contributed by atoms with Crippen molar-refractivity contribution in [2.75, 3.05) is 7.11 Å². The largest absolute Gasteiger partial charge is 0.504 e. The molecule has 1 aromatic carbocycles. The fourth-order valence-electron chi connectivity index (χ4n) is 5.09. The summed E-state index contributed by atoms with van der Waals surface area (Å²) in [5, 5.41) is 21.3. The Kier molecular flexibility index (Phi) is 5.50. The maximum atomic E-state index is 12.9. The van der Waals surface area contributed by atoms with Gasteiger partial charge in [0, 0.05) is 12.3 Å². The van der Waals surface area contributed by atoms with Gasteiger partial charge >= 0.3 is 5.97 Å². The summed E-state index contributed by atoms with van der Waals surface area (Å²) in [6.45, 7) is 8.35. The van der Waals surface area contributed by atoms with Crippen LogP contribution in [0.25, 0.3) is 0 Å². The van der Waals surface area contributed by atoms with E-state index in [2.05, 4.69) is 19.9 Å². The highest BCUT2D eigenvalue weighted by Gasteiger charge is 2.59. The summed E-state index contributed by atoms with van der Waals surface area (Å²) in [4.78, 5) is 12.9. The summed E-state index contributed by atoms with van der Waals surface area (Å²) in [6.07, 6.45) is 4.98. The maximum absolute atomic E-state index is 12.9. The lowest BCUT2D eigenvalue weighted by Gasteiger charge is -2.43. The molecule has 0 aliphatic heterocycles. The lowest BCUT2D eigenvalue weighted by molar-refractivity contribution is -0.112. The first kappa shape index (κ1) is 20.7. The van der Waals surface area contributed by atoms with Gasteiger partial charge in [-0.25, -0.2) is 4.79 Å². The molecule has 1 aromatic rings. The van der Waals surface area contributed by atoms with Crippen LogP contribution in [0.2, 0.25) is 0 Å². The van der Waals surface area contributed by atoms with E-state index in [1.807, 2.05) is 13.8 Å². The molecule has 2 aliphatic carbocycles. The SMILES string of the molecule is COc1cc(C(=O)OC2CC(C)=CC[C@@]3(C)CC[C@](O)(C(C)C)C23)ccc1O. The Morgan fingerprint density at radius 3 is 2.64 bits per heavy atom. The Morgan fingerprint density at radius 1 is 1.29 bits per heavy atom. The third kappa shape index (κ3) is 3.52. The third-order valence-corrected chi connectivity index (χ3v) is 6.87. The van der Waals surface area contributed by atoms with Gasteiger partial charge < -0.3 is 19.7 Å². The van der Waals surface area contributed by atoms with Crippen molar-refractivity contribution in [1.29, 1.82) is 0 Å². The van der Waals surface area contributed by atoms with Crippen LogP contribution in [0.1, 0.15) is 63.7 Å². The van der Waals surface area contributed by atoms with Gasteiger partial charge in [0.15, 0.2) is 11.5 Å². The Labute approximate surface area is 167 Å². The van der Waals surface area contributed by atoms with Gasteiger partial charge in [0.1, 0.15) is 6.10 Å². The first-order chi connectivity index (χ1) is 13.1.